The number of imidazole rings is 1. The lowest BCUT2D eigenvalue weighted by atomic mass is 10.2. The lowest BCUT2D eigenvalue weighted by Gasteiger charge is -2.19. The fourth-order valence-corrected chi connectivity index (χ4v) is 2.43. The van der Waals surface area contributed by atoms with E-state index in [2.05, 4.69) is 9.97 Å². The van der Waals surface area contributed by atoms with Crippen molar-refractivity contribution in [3.8, 4) is 0 Å². The van der Waals surface area contributed by atoms with Gasteiger partial charge in [0.25, 0.3) is 0 Å². The third-order valence-electron chi connectivity index (χ3n) is 2.33. The van der Waals surface area contributed by atoms with Crippen LogP contribution in [0.2, 0.25) is 0 Å². The smallest absolute Gasteiger partial charge is 0.307 e. The van der Waals surface area contributed by atoms with Gasteiger partial charge < -0.3 is 9.72 Å². The first-order valence-electron chi connectivity index (χ1n) is 6.23. The van der Waals surface area contributed by atoms with E-state index in [1.165, 1.54) is 11.8 Å². The Morgan fingerprint density at radius 3 is 2.79 bits per heavy atom. The zero-order valence-corrected chi connectivity index (χ0v) is 12.2. The van der Waals surface area contributed by atoms with E-state index in [0.29, 0.717) is 12.2 Å². The molecule has 0 aliphatic heterocycles. The molecule has 0 aliphatic rings. The average molecular weight is 278 g/mol. The van der Waals surface area contributed by atoms with Gasteiger partial charge in [-0.25, -0.2) is 4.98 Å². The highest BCUT2D eigenvalue weighted by atomic mass is 32.2. The number of hydrogen-bond donors (Lipinski definition) is 1. The molecule has 2 rings (SSSR count). The summed E-state index contributed by atoms with van der Waals surface area (Å²) in [5.74, 6) is 0.491. The van der Waals surface area contributed by atoms with Crippen molar-refractivity contribution < 1.29 is 9.53 Å². The molecule has 2 aromatic rings. The lowest BCUT2D eigenvalue weighted by molar-refractivity contribution is -0.154. The van der Waals surface area contributed by atoms with E-state index in [1.54, 1.807) is 0 Å². The van der Waals surface area contributed by atoms with Crippen molar-refractivity contribution in [3.05, 3.63) is 24.3 Å². The number of H-pyrrole nitrogens is 1. The Bertz CT molecular complexity index is 539. The Morgan fingerprint density at radius 1 is 1.37 bits per heavy atom. The Kier molecular flexibility index (Phi) is 4.14. The van der Waals surface area contributed by atoms with E-state index in [9.17, 15) is 4.79 Å². The summed E-state index contributed by atoms with van der Waals surface area (Å²) in [6.07, 6.45) is 0.388. The van der Waals surface area contributed by atoms with Crippen LogP contribution in [0.3, 0.4) is 0 Å². The molecule has 1 aromatic carbocycles. The van der Waals surface area contributed by atoms with Crippen LogP contribution in [0.5, 0.6) is 0 Å². The molecule has 0 atom stereocenters. The third-order valence-corrected chi connectivity index (χ3v) is 3.21. The number of nitrogens with one attached hydrogen (secondary N) is 1. The van der Waals surface area contributed by atoms with E-state index in [1.807, 2.05) is 45.0 Å². The topological polar surface area (TPSA) is 55.0 Å². The number of carbonyl (C=O) groups is 1. The van der Waals surface area contributed by atoms with Crippen LogP contribution in [0.1, 0.15) is 27.2 Å². The van der Waals surface area contributed by atoms with Crippen molar-refractivity contribution in [2.24, 2.45) is 0 Å². The minimum Gasteiger partial charge on any atom is -0.460 e. The third kappa shape index (κ3) is 4.28. The number of carbonyl (C=O) groups excluding carboxylic acids is 1. The summed E-state index contributed by atoms with van der Waals surface area (Å²) in [6.45, 7) is 5.62. The minimum absolute atomic E-state index is 0.170. The number of aromatic nitrogens is 2. The summed E-state index contributed by atoms with van der Waals surface area (Å²) in [5.41, 5.74) is 1.55. The van der Waals surface area contributed by atoms with Crippen LogP contribution >= 0.6 is 11.8 Å². The van der Waals surface area contributed by atoms with Crippen molar-refractivity contribution in [2.45, 2.75) is 37.9 Å². The molecule has 0 amide bonds. The van der Waals surface area contributed by atoms with Gasteiger partial charge in [0.15, 0.2) is 5.16 Å². The maximum absolute atomic E-state index is 11.6. The maximum Gasteiger partial charge on any atom is 0.307 e. The van der Waals surface area contributed by atoms with Gasteiger partial charge in [0, 0.05) is 5.75 Å². The van der Waals surface area contributed by atoms with E-state index >= 15 is 0 Å². The van der Waals surface area contributed by atoms with Gasteiger partial charge in [-0.05, 0) is 32.9 Å². The molecule has 0 saturated carbocycles. The predicted octanol–water partition coefficient (Wildman–Crippen LogP) is 3.39. The molecular weight excluding hydrogens is 260 g/mol. The summed E-state index contributed by atoms with van der Waals surface area (Å²) in [6, 6.07) is 7.87. The Labute approximate surface area is 116 Å². The molecule has 0 saturated heterocycles. The van der Waals surface area contributed by atoms with Gasteiger partial charge >= 0.3 is 5.97 Å². The zero-order chi connectivity index (χ0) is 13.9. The number of rotatable bonds is 4. The predicted molar refractivity (Wildman–Crippen MR) is 77.3 cm³/mol. The summed E-state index contributed by atoms with van der Waals surface area (Å²) in [4.78, 5) is 19.2. The zero-order valence-electron chi connectivity index (χ0n) is 11.4. The van der Waals surface area contributed by atoms with Crippen LogP contribution in [0.4, 0.5) is 0 Å². The van der Waals surface area contributed by atoms with Gasteiger partial charge in [-0.15, -0.1) is 0 Å². The fraction of sp³-hybridized carbons (Fsp3) is 0.429. The molecule has 19 heavy (non-hydrogen) atoms. The van der Waals surface area contributed by atoms with E-state index in [-0.39, 0.29) is 5.97 Å². The summed E-state index contributed by atoms with van der Waals surface area (Å²) in [5, 5.41) is 0.838. The summed E-state index contributed by atoms with van der Waals surface area (Å²) >= 11 is 1.53. The molecule has 1 N–H and O–H groups in total. The Hall–Kier alpha value is -1.49. The second-order valence-corrected chi connectivity index (χ2v) is 6.33. The number of thioether (sulfide) groups is 1. The number of nitrogens with zero attached hydrogens (tertiary/aromatic N) is 1. The van der Waals surface area contributed by atoms with Crippen molar-refractivity contribution in [1.29, 1.82) is 0 Å². The molecule has 0 fully saturated rings. The van der Waals surface area contributed by atoms with Gasteiger partial charge in [0.1, 0.15) is 5.60 Å². The number of esters is 1. The highest BCUT2D eigenvalue weighted by Gasteiger charge is 2.16. The Morgan fingerprint density at radius 2 is 2.11 bits per heavy atom. The van der Waals surface area contributed by atoms with Crippen molar-refractivity contribution in [1.82, 2.24) is 9.97 Å². The van der Waals surface area contributed by atoms with E-state index < -0.39 is 5.60 Å². The summed E-state index contributed by atoms with van der Waals surface area (Å²) in [7, 11) is 0. The monoisotopic (exact) mass is 278 g/mol. The first-order valence-corrected chi connectivity index (χ1v) is 7.22. The molecular formula is C14H18N2O2S. The van der Waals surface area contributed by atoms with Crippen molar-refractivity contribution in [2.75, 3.05) is 5.75 Å². The van der Waals surface area contributed by atoms with Gasteiger partial charge in [-0.1, -0.05) is 23.9 Å². The molecule has 1 aromatic heterocycles. The van der Waals surface area contributed by atoms with E-state index in [0.717, 1.165) is 16.2 Å². The molecule has 0 bridgehead atoms. The SMILES string of the molecule is CC(C)(C)OC(=O)CCSc1nc2ccccc2[nH]1. The fourth-order valence-electron chi connectivity index (χ4n) is 1.62. The molecule has 0 radical (unpaired) electrons. The van der Waals surface area contributed by atoms with Gasteiger partial charge in [-0.2, -0.15) is 0 Å². The second kappa shape index (κ2) is 5.65. The molecule has 4 nitrogen and oxygen atoms in total. The van der Waals surface area contributed by atoms with Gasteiger partial charge in [0.05, 0.1) is 17.5 Å². The standard InChI is InChI=1S/C14H18N2O2S/c1-14(2,3)18-12(17)8-9-19-13-15-10-6-4-5-7-11(10)16-13/h4-7H,8-9H2,1-3H3,(H,15,16). The minimum atomic E-state index is -0.416. The highest BCUT2D eigenvalue weighted by Crippen LogP contribution is 2.20. The lowest BCUT2D eigenvalue weighted by Crippen LogP contribution is -2.24. The Balaban J connectivity index is 1.84. The first-order chi connectivity index (χ1) is 8.94. The van der Waals surface area contributed by atoms with Crippen molar-refractivity contribution in [3.63, 3.8) is 0 Å². The molecule has 1 heterocycles. The number of para-hydroxylation sites is 2. The van der Waals surface area contributed by atoms with Crippen LogP contribution in [0, 0.1) is 0 Å². The molecule has 0 aliphatic carbocycles. The average Bonchev–Trinajstić information content (AvgIpc) is 2.68. The van der Waals surface area contributed by atoms with Gasteiger partial charge in [0.2, 0.25) is 0 Å². The first kappa shape index (κ1) is 13.9. The van der Waals surface area contributed by atoms with Gasteiger partial charge in [-0.3, -0.25) is 4.79 Å². The number of benzene rings is 1. The van der Waals surface area contributed by atoms with Crippen LogP contribution in [0.25, 0.3) is 11.0 Å². The number of aromatic amines is 1. The number of hydrogen-bond acceptors (Lipinski definition) is 4. The van der Waals surface area contributed by atoms with Crippen LogP contribution in [0.15, 0.2) is 29.4 Å². The van der Waals surface area contributed by atoms with E-state index in [4.69, 9.17) is 4.74 Å². The highest BCUT2D eigenvalue weighted by molar-refractivity contribution is 7.99. The molecule has 0 unspecified atom stereocenters. The van der Waals surface area contributed by atoms with Crippen LogP contribution < -0.4 is 0 Å². The largest absolute Gasteiger partial charge is 0.460 e. The molecule has 0 spiro atoms. The molecule has 5 heteroatoms. The maximum atomic E-state index is 11.6. The second-order valence-electron chi connectivity index (χ2n) is 5.24. The number of fused-ring (bicyclic) bond motifs is 1. The quantitative estimate of drug-likeness (QED) is 0.688. The summed E-state index contributed by atoms with van der Waals surface area (Å²) < 4.78 is 5.25. The number of ether oxygens (including phenoxy) is 1. The van der Waals surface area contributed by atoms with Crippen molar-refractivity contribution >= 4 is 28.8 Å². The normalized spacial score (nSPS) is 11.7. The molecule has 102 valence electrons. The van der Waals surface area contributed by atoms with Crippen LogP contribution in [-0.4, -0.2) is 27.3 Å². The van der Waals surface area contributed by atoms with Crippen LogP contribution in [-0.2, 0) is 9.53 Å².